The smallest absolute Gasteiger partial charge is 0.305 e. The third-order valence-electron chi connectivity index (χ3n) is 6.78. The Morgan fingerprint density at radius 1 is 0.767 bits per heavy atom. The molecule has 30 heavy (non-hydrogen) atoms. The average Bonchev–Trinajstić information content (AvgIpc) is 2.67. The van der Waals surface area contributed by atoms with E-state index in [-0.39, 0.29) is 11.0 Å². The number of hydrogen-bond acceptors (Lipinski definition) is 3. The Morgan fingerprint density at radius 2 is 1.20 bits per heavy atom. The van der Waals surface area contributed by atoms with Gasteiger partial charge >= 0.3 is 5.97 Å². The number of rotatable bonds is 19. The van der Waals surface area contributed by atoms with Crippen molar-refractivity contribution in [1.82, 2.24) is 0 Å². The number of methoxy groups -OCH3 is 1. The van der Waals surface area contributed by atoms with E-state index in [1.807, 2.05) is 0 Å². The fourth-order valence-electron chi connectivity index (χ4n) is 3.64. The summed E-state index contributed by atoms with van der Waals surface area (Å²) in [5.74, 6) is -0.0952. The zero-order chi connectivity index (χ0) is 22.9. The minimum atomic E-state index is -1.75. The second-order valence-corrected chi connectivity index (χ2v) is 15.4. The third-order valence-corrected chi connectivity index (χ3v) is 11.3. The van der Waals surface area contributed by atoms with Gasteiger partial charge in [-0.15, -0.1) is 0 Å². The average molecular weight is 443 g/mol. The molecule has 180 valence electrons. The second-order valence-electron chi connectivity index (χ2n) is 10.6. The maximum Gasteiger partial charge on any atom is 0.305 e. The lowest BCUT2D eigenvalue weighted by Crippen LogP contribution is -2.44. The van der Waals surface area contributed by atoms with Crippen molar-refractivity contribution in [3.63, 3.8) is 0 Å². The van der Waals surface area contributed by atoms with Gasteiger partial charge in [-0.25, -0.2) is 0 Å². The standard InChI is InChI=1S/C26H54O3Si/c1-8-9-10-11-12-13-14-15-16-17-18-21-24(22-19-20-23-25(27)28-5)29-30(6,7)26(2,3)4/h24H,8-23H2,1-7H3. The minimum absolute atomic E-state index is 0.0952. The molecule has 0 fully saturated rings. The molecule has 3 nitrogen and oxygen atoms in total. The fraction of sp³-hybridized carbons (Fsp3) is 0.962. The molecule has 0 aromatic carbocycles. The van der Waals surface area contributed by atoms with E-state index in [0.29, 0.717) is 12.5 Å². The van der Waals surface area contributed by atoms with Crippen molar-refractivity contribution in [3.8, 4) is 0 Å². The summed E-state index contributed by atoms with van der Waals surface area (Å²) in [5.41, 5.74) is 0. The molecule has 0 amide bonds. The Kier molecular flexibility index (Phi) is 17.0. The van der Waals surface area contributed by atoms with Gasteiger partial charge in [-0.3, -0.25) is 4.79 Å². The summed E-state index contributed by atoms with van der Waals surface area (Å²) >= 11 is 0. The summed E-state index contributed by atoms with van der Waals surface area (Å²) in [5, 5.41) is 0.244. The number of carbonyl (C=O) groups excluding carboxylic acids is 1. The summed E-state index contributed by atoms with van der Waals surface area (Å²) in [4.78, 5) is 11.4. The van der Waals surface area contributed by atoms with Crippen LogP contribution in [0.25, 0.3) is 0 Å². The van der Waals surface area contributed by atoms with Gasteiger partial charge < -0.3 is 9.16 Å². The highest BCUT2D eigenvalue weighted by molar-refractivity contribution is 6.74. The number of hydrogen-bond donors (Lipinski definition) is 0. The molecule has 0 rings (SSSR count). The number of unbranched alkanes of at least 4 members (excludes halogenated alkanes) is 11. The first kappa shape index (κ1) is 29.6. The van der Waals surface area contributed by atoms with Gasteiger partial charge in [0.2, 0.25) is 0 Å². The molecule has 0 saturated carbocycles. The zero-order valence-electron chi connectivity index (χ0n) is 21.6. The van der Waals surface area contributed by atoms with E-state index in [0.717, 1.165) is 19.3 Å². The summed E-state index contributed by atoms with van der Waals surface area (Å²) in [6, 6.07) is 0. The SMILES string of the molecule is CCCCCCCCCCCCCC(CCCCC(=O)OC)O[Si](C)(C)C(C)(C)C. The van der Waals surface area contributed by atoms with Crippen LogP contribution in [0.15, 0.2) is 0 Å². The first-order valence-electron chi connectivity index (χ1n) is 12.9. The molecular weight excluding hydrogens is 388 g/mol. The summed E-state index contributed by atoms with van der Waals surface area (Å²) in [6.07, 6.45) is 20.3. The van der Waals surface area contributed by atoms with Crippen LogP contribution in [0, 0.1) is 0 Å². The van der Waals surface area contributed by atoms with E-state index in [9.17, 15) is 4.79 Å². The molecule has 0 aromatic heterocycles. The van der Waals surface area contributed by atoms with Gasteiger partial charge in [0.05, 0.1) is 7.11 Å². The van der Waals surface area contributed by atoms with Crippen molar-refractivity contribution >= 4 is 14.3 Å². The molecule has 0 N–H and O–H groups in total. The molecule has 0 saturated heterocycles. The van der Waals surface area contributed by atoms with Crippen LogP contribution in [0.4, 0.5) is 0 Å². The van der Waals surface area contributed by atoms with Crippen LogP contribution < -0.4 is 0 Å². The van der Waals surface area contributed by atoms with E-state index in [1.54, 1.807) is 0 Å². The maximum atomic E-state index is 11.4. The topological polar surface area (TPSA) is 35.5 Å². The summed E-state index contributed by atoms with van der Waals surface area (Å²) in [6.45, 7) is 13.9. The molecule has 0 bridgehead atoms. The molecule has 4 heteroatoms. The molecule has 1 atom stereocenters. The highest BCUT2D eigenvalue weighted by Gasteiger charge is 2.38. The van der Waals surface area contributed by atoms with Crippen LogP contribution in [0.5, 0.6) is 0 Å². The monoisotopic (exact) mass is 442 g/mol. The van der Waals surface area contributed by atoms with Crippen LogP contribution in [-0.2, 0) is 14.0 Å². The predicted molar refractivity (Wildman–Crippen MR) is 134 cm³/mol. The molecule has 0 spiro atoms. The Labute approximate surface area is 190 Å². The molecule has 0 aliphatic heterocycles. The zero-order valence-corrected chi connectivity index (χ0v) is 22.6. The third kappa shape index (κ3) is 15.4. The van der Waals surface area contributed by atoms with Gasteiger partial charge in [0.1, 0.15) is 0 Å². The number of carbonyl (C=O) groups is 1. The first-order chi connectivity index (χ1) is 14.1. The van der Waals surface area contributed by atoms with Gasteiger partial charge in [0.15, 0.2) is 8.32 Å². The molecule has 0 radical (unpaired) electrons. The van der Waals surface area contributed by atoms with Gasteiger partial charge in [-0.2, -0.15) is 0 Å². The Morgan fingerprint density at radius 3 is 1.63 bits per heavy atom. The highest BCUT2D eigenvalue weighted by atomic mass is 28.4. The lowest BCUT2D eigenvalue weighted by molar-refractivity contribution is -0.140. The molecule has 0 aromatic rings. The normalized spacial score (nSPS) is 13.4. The van der Waals surface area contributed by atoms with Crippen LogP contribution >= 0.6 is 0 Å². The highest BCUT2D eigenvalue weighted by Crippen LogP contribution is 2.38. The molecule has 1 unspecified atom stereocenters. The van der Waals surface area contributed by atoms with Crippen LogP contribution in [0.3, 0.4) is 0 Å². The lowest BCUT2D eigenvalue weighted by Gasteiger charge is -2.39. The van der Waals surface area contributed by atoms with Crippen molar-refractivity contribution in [2.45, 2.75) is 155 Å². The largest absolute Gasteiger partial charge is 0.469 e. The molecular formula is C26H54O3Si. The summed E-state index contributed by atoms with van der Waals surface area (Å²) < 4.78 is 11.5. The maximum absolute atomic E-state index is 11.4. The molecule has 0 heterocycles. The predicted octanol–water partition coefficient (Wildman–Crippen LogP) is 8.81. The Bertz CT molecular complexity index is 415. The van der Waals surface area contributed by atoms with Gasteiger partial charge in [0.25, 0.3) is 0 Å². The van der Waals surface area contributed by atoms with Crippen LogP contribution in [-0.4, -0.2) is 27.5 Å². The quantitative estimate of drug-likeness (QED) is 0.114. The van der Waals surface area contributed by atoms with Crippen molar-refractivity contribution in [2.75, 3.05) is 7.11 Å². The number of ether oxygens (including phenoxy) is 1. The van der Waals surface area contributed by atoms with Crippen LogP contribution in [0.2, 0.25) is 18.1 Å². The fourth-order valence-corrected chi connectivity index (χ4v) is 5.06. The van der Waals surface area contributed by atoms with Crippen LogP contribution in [0.1, 0.15) is 130 Å². The minimum Gasteiger partial charge on any atom is -0.469 e. The van der Waals surface area contributed by atoms with E-state index in [1.165, 1.54) is 84.2 Å². The van der Waals surface area contributed by atoms with Crippen molar-refractivity contribution < 1.29 is 14.0 Å². The molecule has 0 aliphatic rings. The van der Waals surface area contributed by atoms with E-state index in [4.69, 9.17) is 9.16 Å². The lowest BCUT2D eigenvalue weighted by atomic mass is 10.0. The number of esters is 1. The van der Waals surface area contributed by atoms with Crippen molar-refractivity contribution in [2.24, 2.45) is 0 Å². The van der Waals surface area contributed by atoms with Gasteiger partial charge in [-0.1, -0.05) is 105 Å². The van der Waals surface area contributed by atoms with Crippen molar-refractivity contribution in [1.29, 1.82) is 0 Å². The van der Waals surface area contributed by atoms with Gasteiger partial charge in [0, 0.05) is 12.5 Å². The Hall–Kier alpha value is -0.353. The second kappa shape index (κ2) is 17.2. The van der Waals surface area contributed by atoms with Gasteiger partial charge in [-0.05, 0) is 37.4 Å². The van der Waals surface area contributed by atoms with E-state index < -0.39 is 8.32 Å². The molecule has 0 aliphatic carbocycles. The first-order valence-corrected chi connectivity index (χ1v) is 15.8. The van der Waals surface area contributed by atoms with E-state index >= 15 is 0 Å². The Balaban J connectivity index is 4.14. The van der Waals surface area contributed by atoms with E-state index in [2.05, 4.69) is 40.8 Å². The summed E-state index contributed by atoms with van der Waals surface area (Å²) in [7, 11) is -0.278. The van der Waals surface area contributed by atoms with Crippen molar-refractivity contribution in [3.05, 3.63) is 0 Å².